The first-order valence-corrected chi connectivity index (χ1v) is 9.33. The summed E-state index contributed by atoms with van der Waals surface area (Å²) in [7, 11) is 1.69. The van der Waals surface area contributed by atoms with Gasteiger partial charge < -0.3 is 19.5 Å². The fraction of sp³-hybridized carbons (Fsp3) is 0.368. The second-order valence-corrected chi connectivity index (χ2v) is 6.65. The normalized spacial score (nSPS) is 10.3. The van der Waals surface area contributed by atoms with Crippen LogP contribution in [0.3, 0.4) is 0 Å². The smallest absolute Gasteiger partial charge is 0.175 e. The quantitative estimate of drug-likeness (QED) is 0.488. The van der Waals surface area contributed by atoms with E-state index in [1.54, 1.807) is 7.11 Å². The van der Waals surface area contributed by atoms with Gasteiger partial charge in [0.1, 0.15) is 6.61 Å². The second-order valence-electron chi connectivity index (χ2n) is 5.39. The first kappa shape index (κ1) is 23.1. The highest BCUT2D eigenvalue weighted by atomic mass is 79.9. The van der Waals surface area contributed by atoms with E-state index >= 15 is 0 Å². The van der Waals surface area contributed by atoms with Gasteiger partial charge in [-0.05, 0) is 46.6 Å². The molecule has 0 heterocycles. The summed E-state index contributed by atoms with van der Waals surface area (Å²) >= 11 is 9.79. The zero-order valence-electron chi connectivity index (χ0n) is 14.9. The van der Waals surface area contributed by atoms with Crippen molar-refractivity contribution in [2.75, 3.05) is 26.9 Å². The molecular formula is C19H24BrCl2NO3. The molecule has 1 N–H and O–H groups in total. The van der Waals surface area contributed by atoms with E-state index in [-0.39, 0.29) is 12.4 Å². The van der Waals surface area contributed by atoms with Crippen LogP contribution in [0.15, 0.2) is 40.9 Å². The molecule has 26 heavy (non-hydrogen) atoms. The van der Waals surface area contributed by atoms with Gasteiger partial charge in [-0.2, -0.15) is 0 Å². The third kappa shape index (κ3) is 6.97. The molecule has 2 aromatic rings. The Hall–Kier alpha value is -0.980. The lowest BCUT2D eigenvalue weighted by Gasteiger charge is -2.16. The van der Waals surface area contributed by atoms with E-state index in [9.17, 15) is 0 Å². The van der Waals surface area contributed by atoms with E-state index in [0.29, 0.717) is 36.3 Å². The number of rotatable bonds is 10. The molecule has 0 spiro atoms. The Bertz CT molecular complexity index is 686. The lowest BCUT2D eigenvalue weighted by atomic mass is 10.2. The van der Waals surface area contributed by atoms with Gasteiger partial charge in [0.2, 0.25) is 0 Å². The lowest BCUT2D eigenvalue weighted by molar-refractivity contribution is 0.199. The van der Waals surface area contributed by atoms with Crippen molar-refractivity contribution >= 4 is 39.9 Å². The summed E-state index contributed by atoms with van der Waals surface area (Å²) in [6.45, 7) is 5.10. The molecule has 0 aliphatic heterocycles. The standard InChI is InChI=1S/C19H23BrClNO3.ClH/c1-3-24-18-11-14(12-22-8-9-23-2)10-16(20)19(18)25-13-15-6-4-5-7-17(15)21;/h4-7,10-11,22H,3,8-9,12-13H2,1-2H3;1H. The Balaban J connectivity index is 0.00000338. The van der Waals surface area contributed by atoms with E-state index in [0.717, 1.165) is 28.7 Å². The average molecular weight is 465 g/mol. The van der Waals surface area contributed by atoms with E-state index in [2.05, 4.69) is 21.2 Å². The van der Waals surface area contributed by atoms with Crippen molar-refractivity contribution < 1.29 is 14.2 Å². The number of ether oxygens (including phenoxy) is 3. The molecule has 0 saturated heterocycles. The SMILES string of the molecule is CCOc1cc(CNCCOC)cc(Br)c1OCc1ccccc1Cl.Cl. The van der Waals surface area contributed by atoms with Gasteiger partial charge in [0.15, 0.2) is 11.5 Å². The molecule has 0 fully saturated rings. The highest BCUT2D eigenvalue weighted by Gasteiger charge is 2.13. The van der Waals surface area contributed by atoms with Crippen LogP contribution in [0.5, 0.6) is 11.5 Å². The average Bonchev–Trinajstić information content (AvgIpc) is 2.60. The van der Waals surface area contributed by atoms with E-state index < -0.39 is 0 Å². The molecule has 0 unspecified atom stereocenters. The van der Waals surface area contributed by atoms with Crippen LogP contribution in [0.2, 0.25) is 5.02 Å². The minimum atomic E-state index is 0. The molecule has 0 radical (unpaired) electrons. The summed E-state index contributed by atoms with van der Waals surface area (Å²) in [4.78, 5) is 0. The zero-order chi connectivity index (χ0) is 18.1. The Morgan fingerprint density at radius 1 is 1.15 bits per heavy atom. The summed E-state index contributed by atoms with van der Waals surface area (Å²) in [6, 6.07) is 11.7. The molecule has 0 aromatic heterocycles. The number of halogens is 3. The Morgan fingerprint density at radius 3 is 2.62 bits per heavy atom. The van der Waals surface area contributed by atoms with Gasteiger partial charge >= 0.3 is 0 Å². The summed E-state index contributed by atoms with van der Waals surface area (Å²) < 4.78 is 17.6. The van der Waals surface area contributed by atoms with Crippen LogP contribution in [-0.2, 0) is 17.9 Å². The summed E-state index contributed by atoms with van der Waals surface area (Å²) in [5.74, 6) is 1.40. The van der Waals surface area contributed by atoms with Gasteiger partial charge in [0.05, 0.1) is 17.7 Å². The number of hydrogen-bond acceptors (Lipinski definition) is 4. The van der Waals surface area contributed by atoms with E-state index in [4.69, 9.17) is 25.8 Å². The Kier molecular flexibility index (Phi) is 11.0. The van der Waals surface area contributed by atoms with Crippen LogP contribution >= 0.6 is 39.9 Å². The van der Waals surface area contributed by atoms with Crippen LogP contribution in [0.25, 0.3) is 0 Å². The summed E-state index contributed by atoms with van der Waals surface area (Å²) in [6.07, 6.45) is 0. The first-order chi connectivity index (χ1) is 12.2. The first-order valence-electron chi connectivity index (χ1n) is 8.16. The van der Waals surface area contributed by atoms with Gasteiger partial charge in [-0.1, -0.05) is 29.8 Å². The predicted octanol–water partition coefficient (Wildman–Crippen LogP) is 5.24. The van der Waals surface area contributed by atoms with Crippen LogP contribution in [0, 0.1) is 0 Å². The number of benzene rings is 2. The minimum absolute atomic E-state index is 0. The second kappa shape index (κ2) is 12.4. The molecular weight excluding hydrogens is 441 g/mol. The zero-order valence-corrected chi connectivity index (χ0v) is 18.0. The number of hydrogen-bond donors (Lipinski definition) is 1. The van der Waals surface area contributed by atoms with E-state index in [1.807, 2.05) is 43.3 Å². The molecule has 2 aromatic carbocycles. The van der Waals surface area contributed by atoms with Crippen molar-refractivity contribution in [2.45, 2.75) is 20.1 Å². The van der Waals surface area contributed by atoms with Crippen molar-refractivity contribution in [1.29, 1.82) is 0 Å². The largest absolute Gasteiger partial charge is 0.490 e. The van der Waals surface area contributed by atoms with Crippen LogP contribution < -0.4 is 14.8 Å². The molecule has 7 heteroatoms. The maximum absolute atomic E-state index is 6.20. The van der Waals surface area contributed by atoms with Crippen molar-refractivity contribution in [1.82, 2.24) is 5.32 Å². The Labute approximate surface area is 174 Å². The highest BCUT2D eigenvalue weighted by Crippen LogP contribution is 2.37. The fourth-order valence-electron chi connectivity index (χ4n) is 2.30. The lowest BCUT2D eigenvalue weighted by Crippen LogP contribution is -2.18. The molecule has 0 aliphatic carbocycles. The van der Waals surface area contributed by atoms with Gasteiger partial charge in [-0.25, -0.2) is 0 Å². The van der Waals surface area contributed by atoms with Crippen molar-refractivity contribution in [2.24, 2.45) is 0 Å². The molecule has 144 valence electrons. The van der Waals surface area contributed by atoms with Crippen molar-refractivity contribution in [3.05, 3.63) is 57.0 Å². The third-order valence-corrected chi connectivity index (χ3v) is 4.47. The monoisotopic (exact) mass is 463 g/mol. The molecule has 0 amide bonds. The number of methoxy groups -OCH3 is 1. The molecule has 0 bridgehead atoms. The predicted molar refractivity (Wildman–Crippen MR) is 112 cm³/mol. The van der Waals surface area contributed by atoms with Crippen LogP contribution in [0.1, 0.15) is 18.1 Å². The molecule has 4 nitrogen and oxygen atoms in total. The summed E-state index contributed by atoms with van der Waals surface area (Å²) in [5.41, 5.74) is 2.04. The van der Waals surface area contributed by atoms with Crippen molar-refractivity contribution in [3.8, 4) is 11.5 Å². The van der Waals surface area contributed by atoms with Gasteiger partial charge in [-0.3, -0.25) is 0 Å². The molecule has 0 atom stereocenters. The van der Waals surface area contributed by atoms with Gasteiger partial charge in [0, 0.05) is 30.8 Å². The fourth-order valence-corrected chi connectivity index (χ4v) is 3.09. The minimum Gasteiger partial charge on any atom is -0.490 e. The molecule has 0 aliphatic rings. The van der Waals surface area contributed by atoms with Crippen molar-refractivity contribution in [3.63, 3.8) is 0 Å². The molecule has 2 rings (SSSR count). The highest BCUT2D eigenvalue weighted by molar-refractivity contribution is 9.10. The van der Waals surface area contributed by atoms with E-state index in [1.165, 1.54) is 0 Å². The van der Waals surface area contributed by atoms with Gasteiger partial charge in [-0.15, -0.1) is 12.4 Å². The third-order valence-electron chi connectivity index (χ3n) is 3.51. The summed E-state index contributed by atoms with van der Waals surface area (Å²) in [5, 5.41) is 4.01. The maximum Gasteiger partial charge on any atom is 0.175 e. The van der Waals surface area contributed by atoms with Crippen LogP contribution in [0.4, 0.5) is 0 Å². The van der Waals surface area contributed by atoms with Crippen LogP contribution in [-0.4, -0.2) is 26.9 Å². The van der Waals surface area contributed by atoms with Gasteiger partial charge in [0.25, 0.3) is 0 Å². The Morgan fingerprint density at radius 2 is 1.92 bits per heavy atom. The topological polar surface area (TPSA) is 39.7 Å². The molecule has 0 saturated carbocycles. The number of nitrogens with one attached hydrogen (secondary N) is 1. The maximum atomic E-state index is 6.20.